The molecule has 2 heterocycles. The Balaban J connectivity index is 1.74. The number of ether oxygens (including phenoxy) is 1. The summed E-state index contributed by atoms with van der Waals surface area (Å²) in [4.78, 5) is 14.2. The number of nitrogens with one attached hydrogen (secondary N) is 1. The summed E-state index contributed by atoms with van der Waals surface area (Å²) in [5, 5.41) is 12.0. The van der Waals surface area contributed by atoms with Crippen LogP contribution in [0.25, 0.3) is 11.4 Å². The molecule has 28 heavy (non-hydrogen) atoms. The maximum absolute atomic E-state index is 13.3. The number of thioether (sulfide) groups is 1. The lowest BCUT2D eigenvalue weighted by atomic mass is 10.2. The van der Waals surface area contributed by atoms with E-state index >= 15 is 0 Å². The van der Waals surface area contributed by atoms with Gasteiger partial charge in [0, 0.05) is 38.3 Å². The maximum Gasteiger partial charge on any atom is 0.230 e. The number of halogens is 1. The Hall–Kier alpha value is -2.23. The molecule has 1 aliphatic heterocycles. The van der Waals surface area contributed by atoms with Crippen molar-refractivity contribution in [2.75, 3.05) is 45.1 Å². The van der Waals surface area contributed by atoms with Crippen LogP contribution in [0.2, 0.25) is 0 Å². The topological polar surface area (TPSA) is 72.3 Å². The third-order valence-corrected chi connectivity index (χ3v) is 5.31. The summed E-state index contributed by atoms with van der Waals surface area (Å²) in [6, 6.07) is 6.20. The monoisotopic (exact) mass is 405 g/mol. The normalized spacial score (nSPS) is 14.8. The van der Waals surface area contributed by atoms with Gasteiger partial charge in [-0.2, -0.15) is 0 Å². The van der Waals surface area contributed by atoms with Crippen LogP contribution in [0, 0.1) is 5.82 Å². The largest absolute Gasteiger partial charge is 0.379 e. The van der Waals surface area contributed by atoms with Crippen LogP contribution in [-0.4, -0.2) is 70.7 Å². The first-order valence-electron chi connectivity index (χ1n) is 9.17. The van der Waals surface area contributed by atoms with Crippen molar-refractivity contribution in [3.05, 3.63) is 42.7 Å². The summed E-state index contributed by atoms with van der Waals surface area (Å²) in [7, 11) is 0. The molecule has 0 bridgehead atoms. The number of carbonyl (C=O) groups is 1. The fourth-order valence-electron chi connectivity index (χ4n) is 2.84. The molecule has 1 aromatic carbocycles. The molecular formula is C19H24FN5O2S. The summed E-state index contributed by atoms with van der Waals surface area (Å²) in [6.45, 7) is 8.77. The number of amides is 1. The fourth-order valence-corrected chi connectivity index (χ4v) is 3.64. The van der Waals surface area contributed by atoms with Gasteiger partial charge in [0.15, 0.2) is 11.0 Å². The van der Waals surface area contributed by atoms with Gasteiger partial charge in [0.2, 0.25) is 5.91 Å². The van der Waals surface area contributed by atoms with Gasteiger partial charge in [-0.25, -0.2) is 4.39 Å². The number of carbonyl (C=O) groups excluding carboxylic acids is 1. The molecule has 1 amide bonds. The average molecular weight is 405 g/mol. The van der Waals surface area contributed by atoms with E-state index in [4.69, 9.17) is 4.74 Å². The second-order valence-electron chi connectivity index (χ2n) is 6.30. The highest BCUT2D eigenvalue weighted by molar-refractivity contribution is 7.99. The second kappa shape index (κ2) is 10.4. The highest BCUT2D eigenvalue weighted by Crippen LogP contribution is 2.24. The maximum atomic E-state index is 13.3. The number of nitrogens with zero attached hydrogens (tertiary/aromatic N) is 4. The molecule has 0 unspecified atom stereocenters. The van der Waals surface area contributed by atoms with Gasteiger partial charge in [-0.1, -0.05) is 17.8 Å². The van der Waals surface area contributed by atoms with Crippen molar-refractivity contribution in [3.8, 4) is 11.4 Å². The minimum Gasteiger partial charge on any atom is -0.379 e. The van der Waals surface area contributed by atoms with Crippen molar-refractivity contribution in [2.45, 2.75) is 11.7 Å². The lowest BCUT2D eigenvalue weighted by Gasteiger charge is -2.27. The van der Waals surface area contributed by atoms with E-state index < -0.39 is 0 Å². The van der Waals surface area contributed by atoms with Crippen LogP contribution in [0.3, 0.4) is 0 Å². The van der Waals surface area contributed by atoms with Gasteiger partial charge >= 0.3 is 0 Å². The highest BCUT2D eigenvalue weighted by Gasteiger charge is 2.17. The second-order valence-corrected chi connectivity index (χ2v) is 7.24. The smallest absolute Gasteiger partial charge is 0.230 e. The standard InChI is InChI=1S/C19H24FN5O2S/c1-2-7-21-17(26)14-28-19-23-22-18(15-3-5-16(20)6-4-15)25(19)9-8-24-10-12-27-13-11-24/h2-6H,1,7-14H2,(H,21,26). The predicted molar refractivity (Wildman–Crippen MR) is 107 cm³/mol. The fraction of sp³-hybridized carbons (Fsp3) is 0.421. The summed E-state index contributed by atoms with van der Waals surface area (Å²) in [5.74, 6) is 0.530. The Morgan fingerprint density at radius 1 is 1.25 bits per heavy atom. The van der Waals surface area contributed by atoms with Crippen molar-refractivity contribution in [2.24, 2.45) is 0 Å². The van der Waals surface area contributed by atoms with Gasteiger partial charge in [-0.05, 0) is 24.3 Å². The first-order chi connectivity index (χ1) is 13.7. The SMILES string of the molecule is C=CCNC(=O)CSc1nnc(-c2ccc(F)cc2)n1CCN1CCOCC1. The van der Waals surface area contributed by atoms with Crippen molar-refractivity contribution < 1.29 is 13.9 Å². The molecule has 1 aromatic heterocycles. The molecule has 0 spiro atoms. The summed E-state index contributed by atoms with van der Waals surface area (Å²) < 4.78 is 20.7. The van der Waals surface area contributed by atoms with Crippen LogP contribution in [0.15, 0.2) is 42.1 Å². The molecule has 150 valence electrons. The van der Waals surface area contributed by atoms with Gasteiger partial charge in [0.05, 0.1) is 19.0 Å². The first kappa shape index (κ1) is 20.5. The van der Waals surface area contributed by atoms with Gasteiger partial charge in [0.25, 0.3) is 0 Å². The zero-order valence-corrected chi connectivity index (χ0v) is 16.5. The third kappa shape index (κ3) is 5.63. The summed E-state index contributed by atoms with van der Waals surface area (Å²) >= 11 is 1.34. The molecular weight excluding hydrogens is 381 g/mol. The third-order valence-electron chi connectivity index (χ3n) is 4.34. The Kier molecular flexibility index (Phi) is 7.58. The number of hydrogen-bond acceptors (Lipinski definition) is 6. The minimum atomic E-state index is -0.295. The van der Waals surface area contributed by atoms with Crippen LogP contribution >= 0.6 is 11.8 Å². The Morgan fingerprint density at radius 3 is 2.71 bits per heavy atom. The van der Waals surface area contributed by atoms with Crippen LogP contribution in [-0.2, 0) is 16.1 Å². The molecule has 0 atom stereocenters. The number of morpholine rings is 1. The van der Waals surface area contributed by atoms with E-state index in [2.05, 4.69) is 27.0 Å². The molecule has 1 fully saturated rings. The first-order valence-corrected chi connectivity index (χ1v) is 10.2. The lowest BCUT2D eigenvalue weighted by molar-refractivity contribution is -0.118. The van der Waals surface area contributed by atoms with Crippen molar-refractivity contribution in [1.82, 2.24) is 25.0 Å². The molecule has 0 saturated carbocycles. The summed E-state index contributed by atoms with van der Waals surface area (Å²) in [6.07, 6.45) is 1.64. The van der Waals surface area contributed by atoms with E-state index in [9.17, 15) is 9.18 Å². The molecule has 7 nitrogen and oxygen atoms in total. The highest BCUT2D eigenvalue weighted by atomic mass is 32.2. The molecule has 0 aliphatic carbocycles. The zero-order valence-electron chi connectivity index (χ0n) is 15.6. The van der Waals surface area contributed by atoms with Gasteiger partial charge in [0.1, 0.15) is 5.82 Å². The quantitative estimate of drug-likeness (QED) is 0.507. The van der Waals surface area contributed by atoms with Crippen molar-refractivity contribution in [3.63, 3.8) is 0 Å². The van der Waals surface area contributed by atoms with E-state index in [-0.39, 0.29) is 17.5 Å². The number of benzene rings is 1. The van der Waals surface area contributed by atoms with E-state index in [0.29, 0.717) is 24.1 Å². The molecule has 9 heteroatoms. The number of hydrogen-bond donors (Lipinski definition) is 1. The van der Waals surface area contributed by atoms with Crippen molar-refractivity contribution in [1.29, 1.82) is 0 Å². The molecule has 2 aromatic rings. The zero-order chi connectivity index (χ0) is 19.8. The van der Waals surface area contributed by atoms with Crippen LogP contribution in [0.5, 0.6) is 0 Å². The molecule has 3 rings (SSSR count). The summed E-state index contributed by atoms with van der Waals surface area (Å²) in [5.41, 5.74) is 0.791. The minimum absolute atomic E-state index is 0.0871. The molecule has 1 saturated heterocycles. The Morgan fingerprint density at radius 2 is 2.00 bits per heavy atom. The number of rotatable bonds is 9. The molecule has 1 aliphatic rings. The van der Waals surface area contributed by atoms with E-state index in [1.54, 1.807) is 18.2 Å². The predicted octanol–water partition coefficient (Wildman–Crippen LogP) is 1.81. The van der Waals surface area contributed by atoms with Crippen LogP contribution < -0.4 is 5.32 Å². The lowest BCUT2D eigenvalue weighted by Crippen LogP contribution is -2.38. The van der Waals surface area contributed by atoms with E-state index in [1.165, 1.54) is 23.9 Å². The molecule has 1 N–H and O–H groups in total. The van der Waals surface area contributed by atoms with E-state index in [0.717, 1.165) is 38.4 Å². The van der Waals surface area contributed by atoms with Gasteiger partial charge < -0.3 is 14.6 Å². The molecule has 0 radical (unpaired) electrons. The van der Waals surface area contributed by atoms with Crippen LogP contribution in [0.1, 0.15) is 0 Å². The Bertz CT molecular complexity index is 790. The van der Waals surface area contributed by atoms with Gasteiger partial charge in [-0.3, -0.25) is 9.69 Å². The van der Waals surface area contributed by atoms with Crippen LogP contribution in [0.4, 0.5) is 4.39 Å². The Labute approximate surface area is 168 Å². The average Bonchev–Trinajstić information content (AvgIpc) is 3.13. The number of aromatic nitrogens is 3. The van der Waals surface area contributed by atoms with Crippen molar-refractivity contribution >= 4 is 17.7 Å². The van der Waals surface area contributed by atoms with Gasteiger partial charge in [-0.15, -0.1) is 16.8 Å². The van der Waals surface area contributed by atoms with E-state index in [1.807, 2.05) is 4.57 Å².